The highest BCUT2D eigenvalue weighted by Gasteiger charge is 2.51. The second-order valence-corrected chi connectivity index (χ2v) is 10.9. The zero-order chi connectivity index (χ0) is 22.6. The Morgan fingerprint density at radius 2 is 1.77 bits per heavy atom. The van der Waals surface area contributed by atoms with Gasteiger partial charge in [-0.15, -0.1) is 0 Å². The smallest absolute Gasteiger partial charge is 0.311 e. The summed E-state index contributed by atoms with van der Waals surface area (Å²) in [5, 5.41) is 31.2. The first-order valence-electron chi connectivity index (χ1n) is 12.3. The van der Waals surface area contributed by atoms with Crippen LogP contribution < -0.4 is 0 Å². The number of carbonyl (C=O) groups is 1. The van der Waals surface area contributed by atoms with E-state index in [2.05, 4.69) is 13.8 Å². The van der Waals surface area contributed by atoms with Gasteiger partial charge in [-0.25, -0.2) is 0 Å². The van der Waals surface area contributed by atoms with Crippen LogP contribution in [0.5, 0.6) is 0 Å². The predicted molar refractivity (Wildman–Crippen MR) is 119 cm³/mol. The molecule has 2 aliphatic rings. The van der Waals surface area contributed by atoms with Gasteiger partial charge in [-0.2, -0.15) is 0 Å². The Hall–Kier alpha value is -0.650. The van der Waals surface area contributed by atoms with Crippen molar-refractivity contribution >= 4 is 5.97 Å². The van der Waals surface area contributed by atoms with Gasteiger partial charge < -0.3 is 20.1 Å². The topological polar surface area (TPSA) is 87.0 Å². The Balaban J connectivity index is 2.18. The number of esters is 1. The molecule has 2 saturated carbocycles. The summed E-state index contributed by atoms with van der Waals surface area (Å²) in [6.07, 6.45) is 4.51. The number of ether oxygens (including phenoxy) is 1. The van der Waals surface area contributed by atoms with Crippen LogP contribution in [0, 0.1) is 35.0 Å². The molecule has 5 nitrogen and oxygen atoms in total. The summed E-state index contributed by atoms with van der Waals surface area (Å²) in [4.78, 5) is 12.9. The highest BCUT2D eigenvalue weighted by Crippen LogP contribution is 2.51. The number of hydrogen-bond donors (Lipinski definition) is 3. The molecule has 0 aliphatic heterocycles. The highest BCUT2D eigenvalue weighted by atomic mass is 16.5. The van der Waals surface area contributed by atoms with Crippen molar-refractivity contribution < 1.29 is 24.9 Å². The van der Waals surface area contributed by atoms with Gasteiger partial charge in [0.15, 0.2) is 0 Å². The normalized spacial score (nSPS) is 36.6. The number of aliphatic hydroxyl groups is 3. The fourth-order valence-electron chi connectivity index (χ4n) is 5.62. The van der Waals surface area contributed by atoms with Gasteiger partial charge in [0.25, 0.3) is 0 Å². The lowest BCUT2D eigenvalue weighted by Crippen LogP contribution is -2.53. The van der Waals surface area contributed by atoms with Crippen LogP contribution in [-0.2, 0) is 9.53 Å². The van der Waals surface area contributed by atoms with Crippen LogP contribution >= 0.6 is 0 Å². The highest BCUT2D eigenvalue weighted by molar-refractivity contribution is 5.76. The van der Waals surface area contributed by atoms with Crippen molar-refractivity contribution in [1.82, 2.24) is 0 Å². The lowest BCUT2D eigenvalue weighted by atomic mass is 9.57. The van der Waals surface area contributed by atoms with E-state index >= 15 is 0 Å². The van der Waals surface area contributed by atoms with Crippen molar-refractivity contribution in [2.24, 2.45) is 35.0 Å². The molecule has 30 heavy (non-hydrogen) atoms. The minimum atomic E-state index is -0.514. The zero-order valence-electron chi connectivity index (χ0n) is 20.0. The van der Waals surface area contributed by atoms with Crippen molar-refractivity contribution in [3.63, 3.8) is 0 Å². The Morgan fingerprint density at radius 1 is 1.10 bits per heavy atom. The van der Waals surface area contributed by atoms with Crippen LogP contribution in [-0.4, -0.2) is 45.7 Å². The molecule has 5 heteroatoms. The molecule has 0 spiro atoms. The molecule has 0 amide bonds. The molecule has 0 aromatic heterocycles. The predicted octanol–water partition coefficient (Wildman–Crippen LogP) is 4.32. The zero-order valence-corrected chi connectivity index (χ0v) is 20.0. The summed E-state index contributed by atoms with van der Waals surface area (Å²) < 4.78 is 6.15. The van der Waals surface area contributed by atoms with E-state index < -0.39 is 17.6 Å². The van der Waals surface area contributed by atoms with E-state index in [0.29, 0.717) is 37.5 Å². The maximum Gasteiger partial charge on any atom is 0.311 e. The van der Waals surface area contributed by atoms with Crippen molar-refractivity contribution in [3.8, 4) is 0 Å². The van der Waals surface area contributed by atoms with Gasteiger partial charge in [0.1, 0.15) is 6.10 Å². The van der Waals surface area contributed by atoms with Gasteiger partial charge in [-0.05, 0) is 82.5 Å². The van der Waals surface area contributed by atoms with Gasteiger partial charge in [0.05, 0.1) is 23.7 Å². The minimum absolute atomic E-state index is 0.119. The van der Waals surface area contributed by atoms with Crippen LogP contribution in [0.25, 0.3) is 0 Å². The van der Waals surface area contributed by atoms with Crippen LogP contribution in [0.2, 0.25) is 0 Å². The van der Waals surface area contributed by atoms with Gasteiger partial charge >= 0.3 is 5.97 Å². The van der Waals surface area contributed by atoms with Crippen molar-refractivity contribution in [1.29, 1.82) is 0 Å². The second kappa shape index (κ2) is 10.8. The molecule has 9 atom stereocenters. The molecule has 2 rings (SSSR count). The van der Waals surface area contributed by atoms with E-state index in [4.69, 9.17) is 4.74 Å². The quantitative estimate of drug-likeness (QED) is 0.478. The van der Waals surface area contributed by atoms with E-state index in [1.807, 2.05) is 27.7 Å². The van der Waals surface area contributed by atoms with E-state index in [1.165, 1.54) is 0 Å². The molecule has 2 fully saturated rings. The SMILES string of the molecule is CC[C@@H](O)C[C@H](O)CC[C@@H]1[C@@H]2[C@@H](CC[C@@H]1C)[C@H](O)[C@H](C)C[C@@H]2OC(=O)C(C)(C)CC. The Labute approximate surface area is 183 Å². The number of hydrogen-bond acceptors (Lipinski definition) is 5. The maximum atomic E-state index is 12.9. The number of carbonyl (C=O) groups excluding carboxylic acids is 1. The first-order valence-corrected chi connectivity index (χ1v) is 12.3. The maximum absolute atomic E-state index is 12.9. The fraction of sp³-hybridized carbons (Fsp3) is 0.960. The lowest BCUT2D eigenvalue weighted by molar-refractivity contribution is -0.182. The van der Waals surface area contributed by atoms with E-state index in [0.717, 1.165) is 25.7 Å². The summed E-state index contributed by atoms with van der Waals surface area (Å²) in [5.74, 6) is 1.04. The third-order valence-electron chi connectivity index (χ3n) is 8.27. The largest absolute Gasteiger partial charge is 0.462 e. The molecule has 0 aromatic rings. The monoisotopic (exact) mass is 426 g/mol. The summed E-state index contributed by atoms with van der Waals surface area (Å²) in [7, 11) is 0. The van der Waals surface area contributed by atoms with Crippen LogP contribution in [0.3, 0.4) is 0 Å². The minimum Gasteiger partial charge on any atom is -0.462 e. The Bertz CT molecular complexity index is 548. The van der Waals surface area contributed by atoms with Crippen LogP contribution in [0.4, 0.5) is 0 Å². The van der Waals surface area contributed by atoms with Gasteiger partial charge in [-0.1, -0.05) is 34.1 Å². The first-order chi connectivity index (χ1) is 14.0. The number of fused-ring (bicyclic) bond motifs is 1. The first kappa shape index (κ1) is 25.6. The summed E-state index contributed by atoms with van der Waals surface area (Å²) in [5.41, 5.74) is -0.503. The molecular weight excluding hydrogens is 380 g/mol. The Kier molecular flexibility index (Phi) is 9.20. The van der Waals surface area contributed by atoms with E-state index in [9.17, 15) is 20.1 Å². The Morgan fingerprint density at radius 3 is 2.37 bits per heavy atom. The summed E-state index contributed by atoms with van der Waals surface area (Å²) >= 11 is 0. The molecule has 0 saturated heterocycles. The second-order valence-electron chi connectivity index (χ2n) is 10.9. The van der Waals surface area contributed by atoms with Crippen molar-refractivity contribution in [2.75, 3.05) is 0 Å². The summed E-state index contributed by atoms with van der Waals surface area (Å²) in [6.45, 7) is 12.1. The van der Waals surface area contributed by atoms with Crippen LogP contribution in [0.15, 0.2) is 0 Å². The molecule has 0 aromatic carbocycles. The molecular formula is C25H46O5. The van der Waals surface area contributed by atoms with Gasteiger partial charge in [0, 0.05) is 5.92 Å². The van der Waals surface area contributed by atoms with E-state index in [-0.39, 0.29) is 35.9 Å². The van der Waals surface area contributed by atoms with Crippen molar-refractivity contribution in [3.05, 3.63) is 0 Å². The molecule has 0 radical (unpaired) electrons. The van der Waals surface area contributed by atoms with Gasteiger partial charge in [-0.3, -0.25) is 4.79 Å². The average Bonchev–Trinajstić information content (AvgIpc) is 2.70. The standard InChI is InChI=1S/C25H46O5/c1-7-17(26)14-18(27)10-12-19-15(3)9-11-20-22(19)21(13-16(4)23(20)28)30-24(29)25(5,6)8-2/h15-23,26-28H,7-14H2,1-6H3/t15-,16+,17+,18+,19-,20+,21-,22+,23+/m0/s1. The molecule has 0 heterocycles. The lowest BCUT2D eigenvalue weighted by Gasteiger charge is -2.52. The summed E-state index contributed by atoms with van der Waals surface area (Å²) in [6, 6.07) is 0. The molecule has 2 aliphatic carbocycles. The van der Waals surface area contributed by atoms with Crippen molar-refractivity contribution in [2.45, 2.75) is 117 Å². The third kappa shape index (κ3) is 5.98. The third-order valence-corrected chi connectivity index (χ3v) is 8.27. The number of rotatable bonds is 9. The number of aliphatic hydroxyl groups excluding tert-OH is 3. The average molecular weight is 427 g/mol. The fourth-order valence-corrected chi connectivity index (χ4v) is 5.62. The van der Waals surface area contributed by atoms with Gasteiger partial charge in [0.2, 0.25) is 0 Å². The molecule has 176 valence electrons. The molecule has 0 unspecified atom stereocenters. The molecule has 3 N–H and O–H groups in total. The molecule has 0 bridgehead atoms. The van der Waals surface area contributed by atoms with Crippen LogP contribution in [0.1, 0.15) is 92.9 Å². The van der Waals surface area contributed by atoms with E-state index in [1.54, 1.807) is 0 Å².